The lowest BCUT2D eigenvalue weighted by Gasteiger charge is -2.17. The molecule has 2 aromatic carbocycles. The summed E-state index contributed by atoms with van der Waals surface area (Å²) in [5.74, 6) is 1.55. The summed E-state index contributed by atoms with van der Waals surface area (Å²) in [6, 6.07) is 16.8. The Kier molecular flexibility index (Phi) is 6.27. The highest BCUT2D eigenvalue weighted by molar-refractivity contribution is 5.37. The first-order chi connectivity index (χ1) is 10.7. The van der Waals surface area contributed by atoms with Gasteiger partial charge in [-0.1, -0.05) is 55.5 Å². The summed E-state index contributed by atoms with van der Waals surface area (Å²) in [5.41, 5.74) is 3.96. The molecular formula is C21H26O. The minimum absolute atomic E-state index is 0.597. The average Bonchev–Trinajstić information content (AvgIpc) is 2.56. The molecule has 0 fully saturated rings. The smallest absolute Gasteiger partial charge is 0.120 e. The second kappa shape index (κ2) is 8.43. The number of aryl methyl sites for hydroxylation is 1. The van der Waals surface area contributed by atoms with Crippen LogP contribution in [0, 0.1) is 6.92 Å². The van der Waals surface area contributed by atoms with E-state index >= 15 is 0 Å². The minimum Gasteiger partial charge on any atom is -0.489 e. The third kappa shape index (κ3) is 4.49. The van der Waals surface area contributed by atoms with E-state index in [0.717, 1.165) is 18.6 Å². The zero-order valence-electron chi connectivity index (χ0n) is 13.9. The molecule has 2 aromatic rings. The molecule has 0 aliphatic rings. The Bertz CT molecular complexity index is 599. The molecule has 0 N–H and O–H groups in total. The largest absolute Gasteiger partial charge is 0.489 e. The van der Waals surface area contributed by atoms with E-state index in [0.29, 0.717) is 12.5 Å². The number of ether oxygens (including phenoxy) is 1. The lowest BCUT2D eigenvalue weighted by molar-refractivity contribution is 0.306. The van der Waals surface area contributed by atoms with Crippen molar-refractivity contribution in [1.29, 1.82) is 0 Å². The normalized spacial score (nSPS) is 12.5. The zero-order chi connectivity index (χ0) is 15.8. The Morgan fingerprint density at radius 3 is 2.50 bits per heavy atom. The third-order valence-electron chi connectivity index (χ3n) is 4.08. The van der Waals surface area contributed by atoms with Crippen molar-refractivity contribution in [3.63, 3.8) is 0 Å². The summed E-state index contributed by atoms with van der Waals surface area (Å²) in [6.07, 6.45) is 6.66. The predicted molar refractivity (Wildman–Crippen MR) is 94.4 cm³/mol. The van der Waals surface area contributed by atoms with Crippen LogP contribution in [0.1, 0.15) is 49.3 Å². The van der Waals surface area contributed by atoms with Crippen molar-refractivity contribution in [2.24, 2.45) is 0 Å². The number of benzene rings is 2. The van der Waals surface area contributed by atoms with E-state index in [4.69, 9.17) is 4.74 Å². The molecular weight excluding hydrogens is 268 g/mol. The number of rotatable bonds is 7. The van der Waals surface area contributed by atoms with Crippen molar-refractivity contribution in [2.45, 2.75) is 46.1 Å². The van der Waals surface area contributed by atoms with Gasteiger partial charge in [0.1, 0.15) is 12.4 Å². The number of hydrogen-bond donors (Lipinski definition) is 0. The molecule has 2 rings (SSSR count). The molecule has 0 heterocycles. The summed E-state index contributed by atoms with van der Waals surface area (Å²) < 4.78 is 5.91. The van der Waals surface area contributed by atoms with Gasteiger partial charge in [-0.25, -0.2) is 0 Å². The van der Waals surface area contributed by atoms with Crippen LogP contribution >= 0.6 is 0 Å². The van der Waals surface area contributed by atoms with Gasteiger partial charge in [0.2, 0.25) is 0 Å². The first kappa shape index (κ1) is 16.4. The fraction of sp³-hybridized carbons (Fsp3) is 0.333. The fourth-order valence-corrected chi connectivity index (χ4v) is 2.75. The lowest BCUT2D eigenvalue weighted by atomic mass is 9.90. The van der Waals surface area contributed by atoms with Gasteiger partial charge >= 0.3 is 0 Å². The molecule has 0 aliphatic heterocycles. The average molecular weight is 294 g/mol. The van der Waals surface area contributed by atoms with E-state index in [-0.39, 0.29) is 0 Å². The molecule has 0 aromatic heterocycles. The fourth-order valence-electron chi connectivity index (χ4n) is 2.75. The molecule has 1 heteroatoms. The standard InChI is InChI=1S/C21H26O/c1-4-6-12-19(5-2)21-14-13-20(15-17(21)3)22-16-18-10-8-7-9-11-18/h4,6-11,13-15,19H,5,12,16H2,1-3H3/b6-4-. The first-order valence-electron chi connectivity index (χ1n) is 8.13. The maximum Gasteiger partial charge on any atom is 0.120 e. The van der Waals surface area contributed by atoms with E-state index in [1.54, 1.807) is 0 Å². The van der Waals surface area contributed by atoms with E-state index in [1.807, 2.05) is 18.2 Å². The molecule has 1 nitrogen and oxygen atoms in total. The Hall–Kier alpha value is -2.02. The van der Waals surface area contributed by atoms with E-state index in [2.05, 4.69) is 63.3 Å². The van der Waals surface area contributed by atoms with Crippen molar-refractivity contribution < 1.29 is 4.74 Å². The van der Waals surface area contributed by atoms with Crippen LogP contribution in [0.3, 0.4) is 0 Å². The Morgan fingerprint density at radius 2 is 1.86 bits per heavy atom. The number of allylic oxidation sites excluding steroid dienone is 2. The van der Waals surface area contributed by atoms with Gasteiger partial charge in [-0.15, -0.1) is 0 Å². The van der Waals surface area contributed by atoms with Crippen molar-refractivity contribution >= 4 is 0 Å². The van der Waals surface area contributed by atoms with Crippen LogP contribution in [0.25, 0.3) is 0 Å². The van der Waals surface area contributed by atoms with Crippen molar-refractivity contribution in [3.8, 4) is 5.75 Å². The highest BCUT2D eigenvalue weighted by Crippen LogP contribution is 2.29. The molecule has 1 unspecified atom stereocenters. The Morgan fingerprint density at radius 1 is 1.09 bits per heavy atom. The quantitative estimate of drug-likeness (QED) is 0.566. The SMILES string of the molecule is C/C=C\CC(CC)c1ccc(OCc2ccccc2)cc1C. The van der Waals surface area contributed by atoms with Crippen LogP contribution in [-0.2, 0) is 6.61 Å². The summed E-state index contributed by atoms with van der Waals surface area (Å²) in [5, 5.41) is 0. The van der Waals surface area contributed by atoms with Crippen LogP contribution in [0.4, 0.5) is 0 Å². The maximum absolute atomic E-state index is 5.91. The molecule has 0 radical (unpaired) electrons. The summed E-state index contributed by atoms with van der Waals surface area (Å²) >= 11 is 0. The molecule has 0 spiro atoms. The van der Waals surface area contributed by atoms with Gasteiger partial charge < -0.3 is 4.74 Å². The Labute approximate surface area is 134 Å². The predicted octanol–water partition coefficient (Wildman–Crippen LogP) is 6.03. The van der Waals surface area contributed by atoms with Gasteiger partial charge in [0.15, 0.2) is 0 Å². The minimum atomic E-state index is 0.597. The van der Waals surface area contributed by atoms with Gasteiger partial charge in [-0.2, -0.15) is 0 Å². The highest BCUT2D eigenvalue weighted by Gasteiger charge is 2.11. The zero-order valence-corrected chi connectivity index (χ0v) is 13.9. The maximum atomic E-state index is 5.91. The van der Waals surface area contributed by atoms with Crippen LogP contribution in [-0.4, -0.2) is 0 Å². The Balaban J connectivity index is 2.05. The van der Waals surface area contributed by atoms with Gasteiger partial charge in [-0.3, -0.25) is 0 Å². The molecule has 0 saturated carbocycles. The second-order valence-electron chi connectivity index (χ2n) is 5.70. The molecule has 0 bridgehead atoms. The highest BCUT2D eigenvalue weighted by atomic mass is 16.5. The van der Waals surface area contributed by atoms with E-state index in [9.17, 15) is 0 Å². The second-order valence-corrected chi connectivity index (χ2v) is 5.70. The van der Waals surface area contributed by atoms with Gasteiger partial charge in [0, 0.05) is 0 Å². The monoisotopic (exact) mass is 294 g/mol. The molecule has 0 amide bonds. The van der Waals surface area contributed by atoms with E-state index < -0.39 is 0 Å². The van der Waals surface area contributed by atoms with Gasteiger partial charge in [0.05, 0.1) is 0 Å². The van der Waals surface area contributed by atoms with Crippen molar-refractivity contribution in [1.82, 2.24) is 0 Å². The van der Waals surface area contributed by atoms with Crippen molar-refractivity contribution in [2.75, 3.05) is 0 Å². The van der Waals surface area contributed by atoms with Crippen LogP contribution < -0.4 is 4.74 Å². The molecule has 22 heavy (non-hydrogen) atoms. The van der Waals surface area contributed by atoms with Gasteiger partial charge in [0.25, 0.3) is 0 Å². The third-order valence-corrected chi connectivity index (χ3v) is 4.08. The molecule has 0 aliphatic carbocycles. The molecule has 1 atom stereocenters. The molecule has 116 valence electrons. The first-order valence-corrected chi connectivity index (χ1v) is 8.13. The summed E-state index contributed by atoms with van der Waals surface area (Å²) in [7, 11) is 0. The van der Waals surface area contributed by atoms with Crippen LogP contribution in [0.15, 0.2) is 60.7 Å². The lowest BCUT2D eigenvalue weighted by Crippen LogP contribution is -2.01. The number of hydrogen-bond acceptors (Lipinski definition) is 1. The van der Waals surface area contributed by atoms with Gasteiger partial charge in [-0.05, 0) is 61.4 Å². The summed E-state index contributed by atoms with van der Waals surface area (Å²) in [4.78, 5) is 0. The van der Waals surface area contributed by atoms with Crippen LogP contribution in [0.2, 0.25) is 0 Å². The summed E-state index contributed by atoms with van der Waals surface area (Å²) in [6.45, 7) is 7.14. The van der Waals surface area contributed by atoms with E-state index in [1.165, 1.54) is 16.7 Å². The van der Waals surface area contributed by atoms with Crippen LogP contribution in [0.5, 0.6) is 5.75 Å². The molecule has 0 saturated heterocycles. The van der Waals surface area contributed by atoms with Crippen molar-refractivity contribution in [3.05, 3.63) is 77.4 Å². The topological polar surface area (TPSA) is 9.23 Å².